The van der Waals surface area contributed by atoms with Crippen LogP contribution in [-0.4, -0.2) is 145 Å². The Labute approximate surface area is 267 Å². The van der Waals surface area contributed by atoms with Gasteiger partial charge in [0.05, 0.1) is 57.5 Å². The van der Waals surface area contributed by atoms with Crippen molar-refractivity contribution in [3.8, 4) is 0 Å². The molecule has 0 fully saturated rings. The van der Waals surface area contributed by atoms with E-state index in [-0.39, 0.29) is 43.7 Å². The van der Waals surface area contributed by atoms with Gasteiger partial charge < -0.3 is 28.1 Å². The second kappa shape index (κ2) is 17.2. The van der Waals surface area contributed by atoms with Gasteiger partial charge in [-0.05, 0) is 67.5 Å². The normalized spacial score (nSPS) is 15.8. The summed E-state index contributed by atoms with van der Waals surface area (Å²) >= 11 is 0. The van der Waals surface area contributed by atoms with Gasteiger partial charge in [-0.3, -0.25) is 18.9 Å². The Morgan fingerprint density at radius 1 is 0.705 bits per heavy atom. The number of hydrogen-bond acceptors (Lipinski definition) is 9. The molecule has 0 aromatic rings. The Kier molecular flexibility index (Phi) is 16.5. The van der Waals surface area contributed by atoms with Crippen molar-refractivity contribution in [3.63, 3.8) is 0 Å². The van der Waals surface area contributed by atoms with E-state index in [2.05, 4.69) is 21.0 Å². The molecule has 0 saturated heterocycles. The van der Waals surface area contributed by atoms with Crippen LogP contribution in [0.2, 0.25) is 0 Å². The highest BCUT2D eigenvalue weighted by Crippen LogP contribution is 2.45. The van der Waals surface area contributed by atoms with Crippen molar-refractivity contribution in [1.29, 1.82) is 0 Å². The number of quaternary nitrogens is 2. The quantitative estimate of drug-likeness (QED) is 0.0804. The van der Waals surface area contributed by atoms with E-state index < -0.39 is 50.0 Å². The van der Waals surface area contributed by atoms with E-state index in [0.29, 0.717) is 30.5 Å². The SMILES string of the molecule is CCC[N+](C)(C)CCOC(=O)C(C)(CC(C)(C)C(=O)OCC[N+](C)(C)CCS(=O)(=O)O)CC(C)(CC)C(=O)OCCN(C)C. The van der Waals surface area contributed by atoms with Crippen LogP contribution in [0.15, 0.2) is 0 Å². The summed E-state index contributed by atoms with van der Waals surface area (Å²) in [5.41, 5.74) is -3.31. The molecule has 0 rings (SSSR count). The molecule has 2 atom stereocenters. The maximum Gasteiger partial charge on any atom is 0.312 e. The maximum absolute atomic E-state index is 13.8. The smallest absolute Gasteiger partial charge is 0.312 e. The lowest BCUT2D eigenvalue weighted by Gasteiger charge is -2.40. The second-order valence-corrected chi connectivity index (χ2v) is 16.5. The minimum Gasteiger partial charge on any atom is -0.464 e. The van der Waals surface area contributed by atoms with E-state index in [1.165, 1.54) is 0 Å². The minimum atomic E-state index is -4.10. The molecule has 0 amide bonds. The van der Waals surface area contributed by atoms with E-state index in [0.717, 1.165) is 13.0 Å². The third-order valence-corrected chi connectivity index (χ3v) is 9.04. The van der Waals surface area contributed by atoms with E-state index in [4.69, 9.17) is 18.8 Å². The van der Waals surface area contributed by atoms with E-state index in [1.807, 2.05) is 25.9 Å². The van der Waals surface area contributed by atoms with Crippen LogP contribution < -0.4 is 0 Å². The first-order chi connectivity index (χ1) is 19.8. The van der Waals surface area contributed by atoms with Crippen molar-refractivity contribution in [3.05, 3.63) is 0 Å². The molecule has 13 heteroatoms. The Morgan fingerprint density at radius 2 is 1.16 bits per heavy atom. The highest BCUT2D eigenvalue weighted by molar-refractivity contribution is 7.85. The fraction of sp³-hybridized carbons (Fsp3) is 0.903. The maximum atomic E-state index is 13.8. The fourth-order valence-electron chi connectivity index (χ4n) is 5.28. The number of carbonyl (C=O) groups is 3. The highest BCUT2D eigenvalue weighted by atomic mass is 32.2. The zero-order valence-electron chi connectivity index (χ0n) is 29.7. The average Bonchev–Trinajstić information content (AvgIpc) is 2.86. The van der Waals surface area contributed by atoms with Crippen LogP contribution in [0.25, 0.3) is 0 Å². The number of rotatable bonds is 22. The van der Waals surface area contributed by atoms with Crippen molar-refractivity contribution >= 4 is 28.0 Å². The summed E-state index contributed by atoms with van der Waals surface area (Å²) in [6.45, 7) is 14.0. The molecular formula is C31H63N3O9S+2. The molecule has 260 valence electrons. The van der Waals surface area contributed by atoms with Crippen LogP contribution in [0, 0.1) is 16.2 Å². The first-order valence-corrected chi connectivity index (χ1v) is 17.2. The van der Waals surface area contributed by atoms with Gasteiger partial charge in [-0.2, -0.15) is 8.42 Å². The highest BCUT2D eigenvalue weighted by Gasteiger charge is 2.50. The molecule has 2 unspecified atom stereocenters. The van der Waals surface area contributed by atoms with Crippen molar-refractivity contribution in [2.75, 3.05) is 101 Å². The summed E-state index contributed by atoms with van der Waals surface area (Å²) < 4.78 is 49.4. The zero-order valence-corrected chi connectivity index (χ0v) is 30.5. The van der Waals surface area contributed by atoms with Gasteiger partial charge in [0.15, 0.2) is 0 Å². The van der Waals surface area contributed by atoms with E-state index in [9.17, 15) is 22.8 Å². The molecule has 12 nitrogen and oxygen atoms in total. The summed E-state index contributed by atoms with van der Waals surface area (Å²) in [5, 5.41) is 0. The lowest BCUT2D eigenvalue weighted by atomic mass is 9.65. The van der Waals surface area contributed by atoms with Crippen LogP contribution >= 0.6 is 0 Å². The number of esters is 3. The summed E-state index contributed by atoms with van der Waals surface area (Å²) in [6.07, 6.45) is 1.63. The largest absolute Gasteiger partial charge is 0.464 e. The topological polar surface area (TPSA) is 137 Å². The second-order valence-electron chi connectivity index (χ2n) is 15.0. The van der Waals surface area contributed by atoms with Crippen LogP contribution in [0.1, 0.15) is 67.2 Å². The predicted molar refractivity (Wildman–Crippen MR) is 171 cm³/mol. The molecule has 0 saturated carbocycles. The van der Waals surface area contributed by atoms with Crippen LogP contribution in [-0.2, 0) is 38.7 Å². The number of ether oxygens (including phenoxy) is 3. The Balaban J connectivity index is 5.92. The zero-order chi connectivity index (χ0) is 34.6. The van der Waals surface area contributed by atoms with Gasteiger partial charge in [-0.15, -0.1) is 0 Å². The molecule has 0 radical (unpaired) electrons. The number of nitrogens with zero attached hydrogens (tertiary/aromatic N) is 3. The molecule has 1 N–H and O–H groups in total. The standard InChI is InChI=1S/C31H62N3O9S/c1-13-16-33(9,10)17-22-43-28(37)31(6,25-30(5,14-2)27(36)41-20-15-32(7)8)24-29(3,4)26(35)42-21-18-34(11,12)19-23-44(38,39)40/h13-25H2,1-12H3/q+1/p+1. The molecule has 0 heterocycles. The molecule has 0 aliphatic rings. The molecule has 0 aliphatic heterocycles. The summed E-state index contributed by atoms with van der Waals surface area (Å²) in [5.74, 6) is -1.79. The number of hydrogen-bond donors (Lipinski definition) is 1. The van der Waals surface area contributed by atoms with Gasteiger partial charge in [-0.1, -0.05) is 13.8 Å². The van der Waals surface area contributed by atoms with E-state index >= 15 is 0 Å². The molecule has 0 bridgehead atoms. The van der Waals surface area contributed by atoms with Gasteiger partial charge in [0.1, 0.15) is 38.7 Å². The lowest BCUT2D eigenvalue weighted by Crippen LogP contribution is -2.47. The number of carbonyl (C=O) groups excluding carboxylic acids is 3. The predicted octanol–water partition coefficient (Wildman–Crippen LogP) is 2.86. The van der Waals surface area contributed by atoms with Crippen molar-refractivity contribution in [2.45, 2.75) is 67.2 Å². The van der Waals surface area contributed by atoms with Crippen molar-refractivity contribution < 1.29 is 50.5 Å². The van der Waals surface area contributed by atoms with Crippen molar-refractivity contribution in [2.24, 2.45) is 16.2 Å². The molecule has 0 aromatic carbocycles. The summed E-state index contributed by atoms with van der Waals surface area (Å²) in [6, 6.07) is 0. The molecule has 0 aromatic heterocycles. The van der Waals surface area contributed by atoms with Gasteiger partial charge in [-0.25, -0.2) is 0 Å². The van der Waals surface area contributed by atoms with Crippen LogP contribution in [0.3, 0.4) is 0 Å². The van der Waals surface area contributed by atoms with Gasteiger partial charge >= 0.3 is 17.9 Å². The van der Waals surface area contributed by atoms with Crippen LogP contribution in [0.5, 0.6) is 0 Å². The Morgan fingerprint density at radius 3 is 1.61 bits per heavy atom. The molecule has 0 aliphatic carbocycles. The van der Waals surface area contributed by atoms with Crippen LogP contribution in [0.4, 0.5) is 0 Å². The Hall–Kier alpha value is -1.80. The molecule has 44 heavy (non-hydrogen) atoms. The molecule has 0 spiro atoms. The first kappa shape index (κ1) is 42.2. The third-order valence-electron chi connectivity index (χ3n) is 8.35. The lowest BCUT2D eigenvalue weighted by molar-refractivity contribution is -0.890. The number of likely N-dealkylation sites (N-methyl/N-ethyl adjacent to an activating group) is 3. The summed E-state index contributed by atoms with van der Waals surface area (Å²) in [4.78, 5) is 42.4. The average molecular weight is 654 g/mol. The van der Waals surface area contributed by atoms with Gasteiger partial charge in [0, 0.05) is 6.54 Å². The first-order valence-electron chi connectivity index (χ1n) is 15.6. The monoisotopic (exact) mass is 653 g/mol. The fourth-order valence-corrected chi connectivity index (χ4v) is 6.01. The van der Waals surface area contributed by atoms with Crippen molar-refractivity contribution in [1.82, 2.24) is 4.90 Å². The van der Waals surface area contributed by atoms with E-state index in [1.54, 1.807) is 41.8 Å². The Bertz CT molecular complexity index is 1040. The minimum absolute atomic E-state index is 0.0250. The van der Waals surface area contributed by atoms with Gasteiger partial charge in [0.25, 0.3) is 10.1 Å². The van der Waals surface area contributed by atoms with Gasteiger partial charge in [0.2, 0.25) is 0 Å². The summed E-state index contributed by atoms with van der Waals surface area (Å²) in [7, 11) is 7.39. The molecular weight excluding hydrogens is 590 g/mol. The third kappa shape index (κ3) is 16.0.